The fraction of sp³-hybridized carbons (Fsp3) is 0.0909. The van der Waals surface area contributed by atoms with E-state index in [1.807, 2.05) is 0 Å². The topological polar surface area (TPSA) is 55.4 Å². The number of hydrogen-bond donors (Lipinski definition) is 1. The van der Waals surface area contributed by atoms with Gasteiger partial charge in [0.25, 0.3) is 10.0 Å². The van der Waals surface area contributed by atoms with Crippen molar-refractivity contribution in [2.45, 2.75) is 4.90 Å². The van der Waals surface area contributed by atoms with Crippen molar-refractivity contribution in [3.63, 3.8) is 0 Å². The third-order valence-electron chi connectivity index (χ3n) is 2.24. The van der Waals surface area contributed by atoms with Crippen LogP contribution in [-0.2, 0) is 10.0 Å². The lowest BCUT2D eigenvalue weighted by Crippen LogP contribution is -2.12. The highest BCUT2D eigenvalue weighted by Gasteiger charge is 2.21. The monoisotopic (exact) mass is 337 g/mol. The van der Waals surface area contributed by atoms with Crippen LogP contribution in [0.1, 0.15) is 0 Å². The zero-order valence-electron chi connectivity index (χ0n) is 9.68. The Morgan fingerprint density at radius 2 is 2.00 bits per heavy atom. The minimum Gasteiger partial charge on any atom is -0.497 e. The number of methoxy groups -OCH3 is 1. The number of ether oxygens (including phenoxy) is 1. The van der Waals surface area contributed by atoms with Crippen molar-refractivity contribution in [1.29, 1.82) is 0 Å². The minimum absolute atomic E-state index is 0.0352. The molecule has 2 rings (SSSR count). The van der Waals surface area contributed by atoms with Gasteiger partial charge in [0, 0.05) is 6.07 Å². The van der Waals surface area contributed by atoms with Crippen LogP contribution in [0.25, 0.3) is 0 Å². The van der Waals surface area contributed by atoms with Crippen molar-refractivity contribution in [2.24, 2.45) is 0 Å². The molecule has 102 valence electrons. The quantitative estimate of drug-likeness (QED) is 0.921. The molecule has 0 bridgehead atoms. The highest BCUT2D eigenvalue weighted by Crippen LogP contribution is 2.35. The number of anilines is 1. The zero-order valence-corrected chi connectivity index (χ0v) is 12.8. The van der Waals surface area contributed by atoms with Crippen molar-refractivity contribution in [3.8, 4) is 5.75 Å². The van der Waals surface area contributed by atoms with Crippen LogP contribution in [-0.4, -0.2) is 15.5 Å². The van der Waals surface area contributed by atoms with Gasteiger partial charge in [-0.2, -0.15) is 0 Å². The lowest BCUT2D eigenvalue weighted by atomic mass is 10.3. The van der Waals surface area contributed by atoms with Gasteiger partial charge >= 0.3 is 0 Å². The molecule has 0 aliphatic carbocycles. The predicted molar refractivity (Wildman–Crippen MR) is 78.1 cm³/mol. The summed E-state index contributed by atoms with van der Waals surface area (Å²) in [6.45, 7) is 0. The van der Waals surface area contributed by atoms with Crippen LogP contribution in [0.4, 0.5) is 5.69 Å². The van der Waals surface area contributed by atoms with Gasteiger partial charge in [-0.25, -0.2) is 8.42 Å². The maximum Gasteiger partial charge on any atom is 0.264 e. The Morgan fingerprint density at radius 1 is 1.26 bits per heavy atom. The third kappa shape index (κ3) is 3.33. The summed E-state index contributed by atoms with van der Waals surface area (Å²) in [5, 5.41) is 0. The van der Waals surface area contributed by atoms with Gasteiger partial charge in [0.1, 0.15) is 15.0 Å². The molecule has 0 spiro atoms. The predicted octanol–water partition coefficient (Wildman–Crippen LogP) is 3.86. The molecular weight excluding hydrogens is 329 g/mol. The molecule has 0 amide bonds. The number of sulfonamides is 1. The molecule has 1 N–H and O–H groups in total. The fourth-order valence-electron chi connectivity index (χ4n) is 1.41. The van der Waals surface area contributed by atoms with E-state index in [-0.39, 0.29) is 9.23 Å². The van der Waals surface area contributed by atoms with Gasteiger partial charge in [-0.15, -0.1) is 11.3 Å². The normalized spacial score (nSPS) is 11.3. The third-order valence-corrected chi connectivity index (χ3v) is 5.37. The van der Waals surface area contributed by atoms with Crippen molar-refractivity contribution in [2.75, 3.05) is 11.8 Å². The number of thiophene rings is 1. The van der Waals surface area contributed by atoms with Gasteiger partial charge in [0.05, 0.1) is 17.1 Å². The number of rotatable bonds is 4. The maximum atomic E-state index is 12.1. The minimum atomic E-state index is -3.76. The molecule has 2 aromatic rings. The van der Waals surface area contributed by atoms with Gasteiger partial charge in [-0.1, -0.05) is 29.3 Å². The Labute approximate surface area is 125 Å². The van der Waals surface area contributed by atoms with Crippen LogP contribution in [0.3, 0.4) is 0 Å². The summed E-state index contributed by atoms with van der Waals surface area (Å²) in [6, 6.07) is 7.89. The van der Waals surface area contributed by atoms with Gasteiger partial charge in [0.2, 0.25) is 0 Å². The summed E-state index contributed by atoms with van der Waals surface area (Å²) in [6.07, 6.45) is 0. The van der Waals surface area contributed by atoms with E-state index in [1.54, 1.807) is 24.3 Å². The molecule has 1 aromatic carbocycles. The van der Waals surface area contributed by atoms with Crippen molar-refractivity contribution >= 4 is 50.2 Å². The molecule has 0 saturated heterocycles. The Bertz CT molecular complexity index is 698. The zero-order chi connectivity index (χ0) is 14.0. The first kappa shape index (κ1) is 14.5. The van der Waals surface area contributed by atoms with E-state index in [1.165, 1.54) is 13.2 Å². The second kappa shape index (κ2) is 5.58. The second-order valence-electron chi connectivity index (χ2n) is 3.53. The Morgan fingerprint density at radius 3 is 2.58 bits per heavy atom. The van der Waals surface area contributed by atoms with E-state index in [2.05, 4.69) is 4.72 Å². The molecule has 8 heteroatoms. The molecule has 0 unspecified atom stereocenters. The first-order valence-electron chi connectivity index (χ1n) is 5.04. The molecule has 0 aliphatic heterocycles. The number of hydrogen-bond acceptors (Lipinski definition) is 4. The van der Waals surface area contributed by atoms with Crippen LogP contribution in [0.2, 0.25) is 8.67 Å². The van der Waals surface area contributed by atoms with E-state index in [9.17, 15) is 8.42 Å². The highest BCUT2D eigenvalue weighted by atomic mass is 35.5. The first-order chi connectivity index (χ1) is 8.92. The summed E-state index contributed by atoms with van der Waals surface area (Å²) in [4.78, 5) is -0.0352. The van der Waals surface area contributed by atoms with Crippen molar-refractivity contribution < 1.29 is 13.2 Å². The smallest absolute Gasteiger partial charge is 0.264 e. The Balaban J connectivity index is 2.33. The molecule has 1 heterocycles. The largest absolute Gasteiger partial charge is 0.497 e. The number of nitrogens with one attached hydrogen (secondary N) is 1. The molecule has 0 saturated carbocycles. The lowest BCUT2D eigenvalue weighted by molar-refractivity contribution is 0.415. The van der Waals surface area contributed by atoms with E-state index in [0.717, 1.165) is 11.3 Å². The van der Waals surface area contributed by atoms with Crippen LogP contribution in [0.15, 0.2) is 35.2 Å². The summed E-state index contributed by atoms with van der Waals surface area (Å²) >= 11 is 12.6. The van der Waals surface area contributed by atoms with Gasteiger partial charge in [0.15, 0.2) is 0 Å². The Kier molecular flexibility index (Phi) is 4.25. The lowest BCUT2D eigenvalue weighted by Gasteiger charge is -2.08. The van der Waals surface area contributed by atoms with E-state index in [0.29, 0.717) is 15.8 Å². The van der Waals surface area contributed by atoms with Crippen LogP contribution in [0, 0.1) is 0 Å². The maximum absolute atomic E-state index is 12.1. The summed E-state index contributed by atoms with van der Waals surface area (Å²) in [5.41, 5.74) is 0.387. The van der Waals surface area contributed by atoms with Gasteiger partial charge in [-0.05, 0) is 18.2 Å². The van der Waals surface area contributed by atoms with E-state index < -0.39 is 10.0 Å². The van der Waals surface area contributed by atoms with Crippen molar-refractivity contribution in [1.82, 2.24) is 0 Å². The van der Waals surface area contributed by atoms with Gasteiger partial charge < -0.3 is 4.74 Å². The SMILES string of the molecule is COc1cccc(NS(=O)(=O)c2cc(Cl)sc2Cl)c1. The number of halogens is 2. The molecule has 4 nitrogen and oxygen atoms in total. The van der Waals surface area contributed by atoms with E-state index in [4.69, 9.17) is 27.9 Å². The van der Waals surface area contributed by atoms with Crippen LogP contribution < -0.4 is 9.46 Å². The molecule has 19 heavy (non-hydrogen) atoms. The molecular formula is C11H9Cl2NO3S2. The van der Waals surface area contributed by atoms with Crippen LogP contribution in [0.5, 0.6) is 5.75 Å². The number of benzene rings is 1. The average molecular weight is 338 g/mol. The molecule has 1 aromatic heterocycles. The highest BCUT2D eigenvalue weighted by molar-refractivity contribution is 7.93. The first-order valence-corrected chi connectivity index (χ1v) is 8.09. The molecule has 0 radical (unpaired) electrons. The van der Waals surface area contributed by atoms with E-state index >= 15 is 0 Å². The summed E-state index contributed by atoms with van der Waals surface area (Å²) < 4.78 is 32.2. The molecule has 0 fully saturated rings. The summed E-state index contributed by atoms with van der Waals surface area (Å²) in [5.74, 6) is 0.551. The van der Waals surface area contributed by atoms with Gasteiger partial charge in [-0.3, -0.25) is 4.72 Å². The Hall–Kier alpha value is -0.950. The second-order valence-corrected chi connectivity index (χ2v) is 7.46. The standard InChI is InChI=1S/C11H9Cl2NO3S2/c1-17-8-4-2-3-7(5-8)14-19(15,16)9-6-10(12)18-11(9)13/h2-6,14H,1H3. The fourth-order valence-corrected chi connectivity index (χ4v) is 4.61. The average Bonchev–Trinajstić information content (AvgIpc) is 2.69. The summed E-state index contributed by atoms with van der Waals surface area (Å²) in [7, 11) is -2.26. The molecule has 0 aliphatic rings. The van der Waals surface area contributed by atoms with Crippen molar-refractivity contribution in [3.05, 3.63) is 39.0 Å². The van der Waals surface area contributed by atoms with Crippen LogP contribution >= 0.6 is 34.5 Å². The molecule has 0 atom stereocenters.